The molecule has 0 saturated heterocycles. The molecule has 1 nitrogen and oxygen atoms in total. The van der Waals surface area contributed by atoms with Crippen LogP contribution in [0, 0.1) is 23.7 Å². The molecule has 0 heterocycles. The van der Waals surface area contributed by atoms with Gasteiger partial charge in [-0.3, -0.25) is 0 Å². The lowest BCUT2D eigenvalue weighted by atomic mass is 9.74. The van der Waals surface area contributed by atoms with Crippen LogP contribution in [0.2, 0.25) is 0 Å². The van der Waals surface area contributed by atoms with Crippen LogP contribution < -0.4 is 5.32 Å². The molecule has 2 aliphatic carbocycles. The van der Waals surface area contributed by atoms with Gasteiger partial charge in [-0.2, -0.15) is 0 Å². The summed E-state index contributed by atoms with van der Waals surface area (Å²) < 4.78 is 0. The van der Waals surface area contributed by atoms with Gasteiger partial charge in [0.25, 0.3) is 0 Å². The Bertz CT molecular complexity index is 212. The van der Waals surface area contributed by atoms with Crippen LogP contribution in [-0.2, 0) is 0 Å². The Morgan fingerprint density at radius 3 is 2.00 bits per heavy atom. The van der Waals surface area contributed by atoms with Gasteiger partial charge in [-0.05, 0) is 69.2 Å². The van der Waals surface area contributed by atoms with E-state index < -0.39 is 0 Å². The van der Waals surface area contributed by atoms with Crippen LogP contribution >= 0.6 is 0 Å². The minimum atomic E-state index is 0.809. The Morgan fingerprint density at radius 1 is 0.941 bits per heavy atom. The first-order valence-corrected chi connectivity index (χ1v) is 7.88. The van der Waals surface area contributed by atoms with Crippen molar-refractivity contribution in [1.29, 1.82) is 0 Å². The predicted molar refractivity (Wildman–Crippen MR) is 75.1 cm³/mol. The highest BCUT2D eigenvalue weighted by Gasteiger charge is 2.29. The summed E-state index contributed by atoms with van der Waals surface area (Å²) in [4.78, 5) is 0. The number of rotatable bonds is 6. The highest BCUT2D eigenvalue weighted by molar-refractivity contribution is 4.84. The van der Waals surface area contributed by atoms with Crippen LogP contribution in [0.1, 0.15) is 65.2 Å². The molecule has 0 aromatic carbocycles. The molecule has 2 fully saturated rings. The minimum absolute atomic E-state index is 0.809. The Kier molecular flexibility index (Phi) is 4.90. The third-order valence-electron chi connectivity index (χ3n) is 5.28. The van der Waals surface area contributed by atoms with E-state index in [-0.39, 0.29) is 0 Å². The molecule has 2 aliphatic rings. The van der Waals surface area contributed by atoms with Crippen LogP contribution in [0.25, 0.3) is 0 Å². The van der Waals surface area contributed by atoms with Gasteiger partial charge in [0.15, 0.2) is 0 Å². The van der Waals surface area contributed by atoms with Crippen molar-refractivity contribution in [2.24, 2.45) is 23.7 Å². The van der Waals surface area contributed by atoms with Crippen LogP contribution in [0.4, 0.5) is 0 Å². The summed E-state index contributed by atoms with van der Waals surface area (Å²) in [5.41, 5.74) is 0. The Hall–Kier alpha value is -0.0400. The lowest BCUT2D eigenvalue weighted by Gasteiger charge is -2.35. The van der Waals surface area contributed by atoms with E-state index in [9.17, 15) is 0 Å². The van der Waals surface area contributed by atoms with Gasteiger partial charge in [0.2, 0.25) is 0 Å². The molecule has 1 heteroatoms. The summed E-state index contributed by atoms with van der Waals surface area (Å²) in [5, 5.41) is 3.60. The molecule has 1 N–H and O–H groups in total. The topological polar surface area (TPSA) is 12.0 Å². The standard InChI is InChI=1S/C16H31N/c1-12(2)14-7-9-15(10-8-14)16(17-3)11-6-13-4-5-13/h12-17H,4-11H2,1-3H3. The van der Waals surface area contributed by atoms with E-state index in [1.165, 1.54) is 51.4 Å². The van der Waals surface area contributed by atoms with Crippen molar-refractivity contribution >= 4 is 0 Å². The van der Waals surface area contributed by atoms with Crippen LogP contribution in [0.5, 0.6) is 0 Å². The second kappa shape index (κ2) is 6.22. The molecule has 2 saturated carbocycles. The molecular weight excluding hydrogens is 206 g/mol. The second-order valence-electron chi connectivity index (χ2n) is 6.83. The van der Waals surface area contributed by atoms with E-state index >= 15 is 0 Å². The van der Waals surface area contributed by atoms with E-state index in [4.69, 9.17) is 0 Å². The lowest BCUT2D eigenvalue weighted by Crippen LogP contribution is -2.36. The average Bonchev–Trinajstić information content (AvgIpc) is 3.14. The van der Waals surface area contributed by atoms with Crippen molar-refractivity contribution in [2.75, 3.05) is 7.05 Å². The zero-order valence-electron chi connectivity index (χ0n) is 12.0. The third kappa shape index (κ3) is 3.98. The Morgan fingerprint density at radius 2 is 1.53 bits per heavy atom. The summed E-state index contributed by atoms with van der Waals surface area (Å²) in [6.45, 7) is 4.79. The molecule has 0 aliphatic heterocycles. The SMILES string of the molecule is CNC(CCC1CC1)C1CCC(C(C)C)CC1. The molecular formula is C16H31N. The first kappa shape index (κ1) is 13.4. The Labute approximate surface area is 108 Å². The van der Waals surface area contributed by atoms with Gasteiger partial charge in [0.05, 0.1) is 0 Å². The maximum Gasteiger partial charge on any atom is 0.00924 e. The molecule has 0 aromatic heterocycles. The monoisotopic (exact) mass is 237 g/mol. The van der Waals surface area contributed by atoms with Gasteiger partial charge in [-0.25, -0.2) is 0 Å². The third-order valence-corrected chi connectivity index (χ3v) is 5.28. The largest absolute Gasteiger partial charge is 0.317 e. The fourth-order valence-corrected chi connectivity index (χ4v) is 3.65. The fraction of sp³-hybridized carbons (Fsp3) is 1.00. The Balaban J connectivity index is 1.72. The van der Waals surface area contributed by atoms with E-state index in [0.29, 0.717) is 0 Å². The van der Waals surface area contributed by atoms with Crippen LogP contribution in [-0.4, -0.2) is 13.1 Å². The van der Waals surface area contributed by atoms with Crippen molar-refractivity contribution in [2.45, 2.75) is 71.3 Å². The molecule has 0 spiro atoms. The van der Waals surface area contributed by atoms with Crippen LogP contribution in [0.15, 0.2) is 0 Å². The highest BCUT2D eigenvalue weighted by atomic mass is 14.9. The van der Waals surface area contributed by atoms with E-state index in [0.717, 1.165) is 29.7 Å². The highest BCUT2D eigenvalue weighted by Crippen LogP contribution is 2.38. The molecule has 17 heavy (non-hydrogen) atoms. The molecule has 2 rings (SSSR count). The molecule has 0 amide bonds. The first-order valence-electron chi connectivity index (χ1n) is 7.88. The zero-order chi connectivity index (χ0) is 12.3. The van der Waals surface area contributed by atoms with Gasteiger partial charge in [-0.1, -0.05) is 26.7 Å². The zero-order valence-corrected chi connectivity index (χ0v) is 12.0. The normalized spacial score (nSPS) is 31.8. The summed E-state index contributed by atoms with van der Waals surface area (Å²) in [6, 6.07) is 0.809. The van der Waals surface area contributed by atoms with Crippen molar-refractivity contribution in [3.63, 3.8) is 0 Å². The summed E-state index contributed by atoms with van der Waals surface area (Å²) >= 11 is 0. The van der Waals surface area contributed by atoms with Gasteiger partial charge in [-0.15, -0.1) is 0 Å². The number of hydrogen-bond acceptors (Lipinski definition) is 1. The lowest BCUT2D eigenvalue weighted by molar-refractivity contribution is 0.185. The molecule has 0 radical (unpaired) electrons. The van der Waals surface area contributed by atoms with Crippen molar-refractivity contribution < 1.29 is 0 Å². The van der Waals surface area contributed by atoms with Gasteiger partial charge < -0.3 is 5.32 Å². The number of nitrogens with one attached hydrogen (secondary N) is 1. The van der Waals surface area contributed by atoms with E-state index in [1.54, 1.807) is 0 Å². The van der Waals surface area contributed by atoms with Gasteiger partial charge in [0, 0.05) is 6.04 Å². The van der Waals surface area contributed by atoms with Gasteiger partial charge in [0.1, 0.15) is 0 Å². The fourth-order valence-electron chi connectivity index (χ4n) is 3.65. The molecule has 0 aromatic rings. The molecule has 1 unspecified atom stereocenters. The molecule has 1 atom stereocenters. The van der Waals surface area contributed by atoms with Crippen molar-refractivity contribution in [3.05, 3.63) is 0 Å². The maximum atomic E-state index is 3.60. The van der Waals surface area contributed by atoms with Crippen LogP contribution in [0.3, 0.4) is 0 Å². The van der Waals surface area contributed by atoms with Crippen molar-refractivity contribution in [3.8, 4) is 0 Å². The number of hydrogen-bond donors (Lipinski definition) is 1. The van der Waals surface area contributed by atoms with E-state index in [2.05, 4.69) is 26.2 Å². The average molecular weight is 237 g/mol. The molecule has 100 valence electrons. The molecule has 0 bridgehead atoms. The second-order valence-corrected chi connectivity index (χ2v) is 6.83. The van der Waals surface area contributed by atoms with Crippen molar-refractivity contribution in [1.82, 2.24) is 5.32 Å². The van der Waals surface area contributed by atoms with Gasteiger partial charge >= 0.3 is 0 Å². The smallest absolute Gasteiger partial charge is 0.00924 e. The summed E-state index contributed by atoms with van der Waals surface area (Å²) in [7, 11) is 2.17. The minimum Gasteiger partial charge on any atom is -0.317 e. The predicted octanol–water partition coefficient (Wildman–Crippen LogP) is 4.23. The first-order chi connectivity index (χ1) is 8.20. The summed E-state index contributed by atoms with van der Waals surface area (Å²) in [5.74, 6) is 3.97. The van der Waals surface area contributed by atoms with E-state index in [1.807, 2.05) is 0 Å². The maximum absolute atomic E-state index is 3.60. The summed E-state index contributed by atoms with van der Waals surface area (Å²) in [6.07, 6.45) is 11.8. The quantitative estimate of drug-likeness (QED) is 0.729.